The van der Waals surface area contributed by atoms with Crippen LogP contribution in [0.1, 0.15) is 5.82 Å². The Balaban J connectivity index is 2.41. The third kappa shape index (κ3) is 3.80. The average molecular weight is 364 g/mol. The Kier molecular flexibility index (Phi) is 5.75. The predicted octanol–water partition coefficient (Wildman–Crippen LogP) is 0.207. The molecule has 142 valence electrons. The molecule has 2 heterocycles. The normalized spacial score (nSPS) is 20.9. The molecule has 1 saturated heterocycles. The van der Waals surface area contributed by atoms with Gasteiger partial charge in [-0.1, -0.05) is 0 Å². The van der Waals surface area contributed by atoms with Crippen LogP contribution in [-0.4, -0.2) is 83.5 Å². The molecule has 2 unspecified atom stereocenters. The van der Waals surface area contributed by atoms with Crippen molar-refractivity contribution in [3.05, 3.63) is 18.2 Å². The zero-order chi connectivity index (χ0) is 18.8. The van der Waals surface area contributed by atoms with Gasteiger partial charge in [-0.2, -0.15) is 13.2 Å². The van der Waals surface area contributed by atoms with E-state index in [1.165, 1.54) is 13.2 Å². The van der Waals surface area contributed by atoms with E-state index in [4.69, 9.17) is 0 Å². The second-order valence-corrected chi connectivity index (χ2v) is 6.31. The molecule has 0 bridgehead atoms. The number of esters is 1. The molecule has 1 aromatic rings. The molecule has 1 aromatic heterocycles. The highest BCUT2D eigenvalue weighted by atomic mass is 19.4. The Bertz CT molecular complexity index is 599. The van der Waals surface area contributed by atoms with Crippen molar-refractivity contribution in [2.75, 3.05) is 46.9 Å². The van der Waals surface area contributed by atoms with Crippen molar-refractivity contribution in [3.63, 3.8) is 0 Å². The van der Waals surface area contributed by atoms with Gasteiger partial charge in [-0.05, 0) is 7.05 Å². The zero-order valence-corrected chi connectivity index (χ0v) is 14.5. The molecule has 25 heavy (non-hydrogen) atoms. The van der Waals surface area contributed by atoms with Gasteiger partial charge in [0.1, 0.15) is 5.92 Å². The van der Waals surface area contributed by atoms with E-state index >= 15 is 0 Å². The number of alkyl halides is 3. The number of rotatable bonds is 5. The molecule has 2 rings (SSSR count). The Labute approximate surface area is 144 Å². The Morgan fingerprint density at radius 2 is 1.92 bits per heavy atom. The van der Waals surface area contributed by atoms with Crippen molar-refractivity contribution in [1.82, 2.24) is 19.4 Å². The van der Waals surface area contributed by atoms with Gasteiger partial charge in [0.15, 0.2) is 5.82 Å². The number of ether oxygens (including phenoxy) is 1. The number of likely N-dealkylation sites (N-methyl/N-ethyl adjacent to an activating group) is 1. The second-order valence-electron chi connectivity index (χ2n) is 6.31. The van der Waals surface area contributed by atoms with E-state index in [-0.39, 0.29) is 6.54 Å². The highest BCUT2D eigenvalue weighted by molar-refractivity contribution is 5.74. The molecule has 0 radical (unpaired) electrons. The van der Waals surface area contributed by atoms with E-state index in [0.29, 0.717) is 26.2 Å². The van der Waals surface area contributed by atoms with Gasteiger partial charge >= 0.3 is 12.1 Å². The molecule has 1 aliphatic rings. The van der Waals surface area contributed by atoms with E-state index in [1.54, 1.807) is 4.90 Å². The molecule has 1 fully saturated rings. The lowest BCUT2D eigenvalue weighted by Gasteiger charge is -2.39. The largest absolute Gasteiger partial charge is 0.469 e. The Morgan fingerprint density at radius 1 is 1.32 bits per heavy atom. The van der Waals surface area contributed by atoms with Crippen molar-refractivity contribution >= 4 is 5.97 Å². The van der Waals surface area contributed by atoms with E-state index < -0.39 is 29.5 Å². The molecule has 1 aliphatic heterocycles. The van der Waals surface area contributed by atoms with Gasteiger partial charge in [-0.25, -0.2) is 4.98 Å². The minimum atomic E-state index is -5.10. The van der Waals surface area contributed by atoms with E-state index in [9.17, 15) is 23.1 Å². The van der Waals surface area contributed by atoms with Crippen LogP contribution in [0.15, 0.2) is 12.4 Å². The van der Waals surface area contributed by atoms with Gasteiger partial charge in [0, 0.05) is 52.2 Å². The molecule has 0 aliphatic carbocycles. The summed E-state index contributed by atoms with van der Waals surface area (Å²) in [6, 6.07) is 0. The number of piperazine rings is 1. The number of imidazole rings is 1. The van der Waals surface area contributed by atoms with E-state index in [2.05, 4.69) is 9.72 Å². The number of carbonyl (C=O) groups is 1. The maximum atomic E-state index is 13.9. The maximum Gasteiger partial charge on any atom is 0.425 e. The Hall–Kier alpha value is -1.65. The summed E-state index contributed by atoms with van der Waals surface area (Å²) in [6.45, 7) is 2.06. The fraction of sp³-hybridized carbons (Fsp3) is 0.733. The summed E-state index contributed by atoms with van der Waals surface area (Å²) in [5.41, 5.74) is -3.44. The predicted molar refractivity (Wildman–Crippen MR) is 82.6 cm³/mol. The van der Waals surface area contributed by atoms with Crippen LogP contribution in [0.25, 0.3) is 0 Å². The first-order chi connectivity index (χ1) is 11.6. The minimum absolute atomic E-state index is 0.274. The van der Waals surface area contributed by atoms with Crippen LogP contribution in [0.3, 0.4) is 0 Å². The summed E-state index contributed by atoms with van der Waals surface area (Å²) in [6.07, 6.45) is -2.66. The van der Waals surface area contributed by atoms with Crippen LogP contribution in [0.2, 0.25) is 0 Å². The van der Waals surface area contributed by atoms with Crippen LogP contribution in [0.4, 0.5) is 13.2 Å². The standard InChI is InChI=1S/C15H23F3N4O3/c1-20-6-8-22(9-7-20)10-11(12(23)25-3)14(24,15(16,17)18)13-19-4-5-21(13)2/h4-5,11,24H,6-10H2,1-3H3. The Morgan fingerprint density at radius 3 is 2.36 bits per heavy atom. The number of hydrogen-bond acceptors (Lipinski definition) is 6. The number of hydrogen-bond donors (Lipinski definition) is 1. The first kappa shape index (κ1) is 19.7. The molecule has 0 amide bonds. The summed E-state index contributed by atoms with van der Waals surface area (Å²) in [5.74, 6) is -3.60. The van der Waals surface area contributed by atoms with Crippen molar-refractivity contribution in [3.8, 4) is 0 Å². The molecular formula is C15H23F3N4O3. The van der Waals surface area contributed by atoms with Crippen LogP contribution in [0.5, 0.6) is 0 Å². The summed E-state index contributed by atoms with van der Waals surface area (Å²) >= 11 is 0. The van der Waals surface area contributed by atoms with Gasteiger partial charge in [0.2, 0.25) is 5.60 Å². The van der Waals surface area contributed by atoms with Crippen molar-refractivity contribution in [2.45, 2.75) is 11.8 Å². The molecule has 1 N–H and O–H groups in total. The van der Waals surface area contributed by atoms with Gasteiger partial charge in [-0.3, -0.25) is 9.69 Å². The van der Waals surface area contributed by atoms with Crippen LogP contribution in [0, 0.1) is 5.92 Å². The number of nitrogens with zero attached hydrogens (tertiary/aromatic N) is 4. The van der Waals surface area contributed by atoms with Gasteiger partial charge in [0.25, 0.3) is 0 Å². The second kappa shape index (κ2) is 7.30. The van der Waals surface area contributed by atoms with Crippen molar-refractivity contribution < 1.29 is 27.8 Å². The topological polar surface area (TPSA) is 70.8 Å². The molecule has 0 spiro atoms. The van der Waals surface area contributed by atoms with Gasteiger partial charge in [-0.15, -0.1) is 0 Å². The molecule has 7 nitrogen and oxygen atoms in total. The zero-order valence-electron chi connectivity index (χ0n) is 14.5. The molecular weight excluding hydrogens is 341 g/mol. The first-order valence-electron chi connectivity index (χ1n) is 7.87. The molecule has 2 atom stereocenters. The smallest absolute Gasteiger partial charge is 0.425 e. The van der Waals surface area contributed by atoms with Crippen molar-refractivity contribution in [2.24, 2.45) is 13.0 Å². The van der Waals surface area contributed by atoms with Crippen LogP contribution >= 0.6 is 0 Å². The first-order valence-corrected chi connectivity index (χ1v) is 7.87. The molecule has 0 saturated carbocycles. The lowest BCUT2D eigenvalue weighted by atomic mass is 9.84. The highest BCUT2D eigenvalue weighted by Crippen LogP contribution is 2.44. The fourth-order valence-electron chi connectivity index (χ4n) is 3.02. The number of methoxy groups -OCH3 is 1. The quantitative estimate of drug-likeness (QED) is 0.753. The van der Waals surface area contributed by atoms with Crippen LogP contribution in [-0.2, 0) is 22.2 Å². The third-order valence-electron chi connectivity index (χ3n) is 4.62. The monoisotopic (exact) mass is 364 g/mol. The molecule has 0 aromatic carbocycles. The summed E-state index contributed by atoms with van der Waals surface area (Å²) in [4.78, 5) is 19.6. The van der Waals surface area contributed by atoms with E-state index in [1.807, 2.05) is 11.9 Å². The lowest BCUT2D eigenvalue weighted by molar-refractivity contribution is -0.291. The van der Waals surface area contributed by atoms with Crippen molar-refractivity contribution in [1.29, 1.82) is 0 Å². The third-order valence-corrected chi connectivity index (χ3v) is 4.62. The number of aromatic nitrogens is 2. The highest BCUT2D eigenvalue weighted by Gasteiger charge is 2.64. The number of halogens is 3. The summed E-state index contributed by atoms with van der Waals surface area (Å²) < 4.78 is 47.3. The van der Waals surface area contributed by atoms with Gasteiger partial charge < -0.3 is 19.3 Å². The SMILES string of the molecule is COC(=O)C(CN1CCN(C)CC1)C(O)(c1nccn1C)C(F)(F)F. The number of aryl methyl sites for hydroxylation is 1. The molecule has 10 heteroatoms. The van der Waals surface area contributed by atoms with Gasteiger partial charge in [0.05, 0.1) is 7.11 Å². The minimum Gasteiger partial charge on any atom is -0.469 e. The van der Waals surface area contributed by atoms with Crippen LogP contribution < -0.4 is 0 Å². The number of aliphatic hydroxyl groups is 1. The number of carbonyl (C=O) groups excluding carboxylic acids is 1. The lowest BCUT2D eigenvalue weighted by Crippen LogP contribution is -2.58. The van der Waals surface area contributed by atoms with E-state index in [0.717, 1.165) is 17.9 Å². The summed E-state index contributed by atoms with van der Waals surface area (Å²) in [5, 5.41) is 10.7. The summed E-state index contributed by atoms with van der Waals surface area (Å²) in [7, 11) is 4.26. The fourth-order valence-corrected chi connectivity index (χ4v) is 3.02. The average Bonchev–Trinajstić information content (AvgIpc) is 2.98. The maximum absolute atomic E-state index is 13.9.